The molecule has 4 heteroatoms. The molecule has 0 fully saturated rings. The van der Waals surface area contributed by atoms with Gasteiger partial charge in [-0.05, 0) is 18.2 Å². The van der Waals surface area contributed by atoms with E-state index in [9.17, 15) is 8.78 Å². The van der Waals surface area contributed by atoms with Crippen LogP contribution in [0.15, 0.2) is 22.6 Å². The topological polar surface area (TPSA) is 25.2 Å². The summed E-state index contributed by atoms with van der Waals surface area (Å²) in [5.41, 5.74) is -0.0134. The molecule has 1 heterocycles. The first-order valence-electron chi connectivity index (χ1n) is 5.17. The second kappa shape index (κ2) is 4.22. The number of hydrogen-bond donors (Lipinski definition) is 1. The first kappa shape index (κ1) is 11.1. The molecule has 1 aromatic carbocycles. The van der Waals surface area contributed by atoms with Gasteiger partial charge in [-0.2, -0.15) is 0 Å². The largest absolute Gasteiger partial charge is 0.457 e. The summed E-state index contributed by atoms with van der Waals surface area (Å²) >= 11 is 0. The lowest BCUT2D eigenvalue weighted by atomic mass is 10.2. The van der Waals surface area contributed by atoms with E-state index >= 15 is 0 Å². The first-order chi connectivity index (χ1) is 7.58. The van der Waals surface area contributed by atoms with E-state index < -0.39 is 11.6 Å². The number of rotatable bonds is 3. The van der Waals surface area contributed by atoms with Crippen molar-refractivity contribution in [2.45, 2.75) is 26.4 Å². The number of furan rings is 1. The van der Waals surface area contributed by atoms with E-state index in [1.165, 1.54) is 6.07 Å². The fourth-order valence-corrected chi connectivity index (χ4v) is 1.50. The molecule has 0 spiro atoms. The maximum Gasteiger partial charge on any atom is 0.172 e. The third-order valence-electron chi connectivity index (χ3n) is 2.32. The maximum atomic E-state index is 13.3. The van der Waals surface area contributed by atoms with E-state index in [1.54, 1.807) is 0 Å². The van der Waals surface area contributed by atoms with Crippen molar-refractivity contribution in [1.29, 1.82) is 0 Å². The van der Waals surface area contributed by atoms with Gasteiger partial charge in [-0.15, -0.1) is 0 Å². The lowest BCUT2D eigenvalue weighted by molar-refractivity contribution is 0.475. The van der Waals surface area contributed by atoms with Gasteiger partial charge in [0, 0.05) is 6.04 Å². The smallest absolute Gasteiger partial charge is 0.172 e. The van der Waals surface area contributed by atoms with Crippen molar-refractivity contribution in [3.8, 4) is 0 Å². The Balaban J connectivity index is 2.36. The summed E-state index contributed by atoms with van der Waals surface area (Å²) in [4.78, 5) is 0. The van der Waals surface area contributed by atoms with Crippen molar-refractivity contribution in [2.24, 2.45) is 0 Å². The highest BCUT2D eigenvalue weighted by molar-refractivity contribution is 5.79. The van der Waals surface area contributed by atoms with Crippen LogP contribution >= 0.6 is 0 Å². The summed E-state index contributed by atoms with van der Waals surface area (Å²) in [6, 6.07) is 4.00. The maximum absolute atomic E-state index is 13.3. The van der Waals surface area contributed by atoms with Crippen LogP contribution in [-0.2, 0) is 6.54 Å². The minimum Gasteiger partial charge on any atom is -0.457 e. The van der Waals surface area contributed by atoms with Crippen molar-refractivity contribution in [1.82, 2.24) is 5.32 Å². The van der Waals surface area contributed by atoms with Crippen LogP contribution in [-0.4, -0.2) is 6.04 Å². The van der Waals surface area contributed by atoms with Crippen LogP contribution in [0.25, 0.3) is 11.0 Å². The van der Waals surface area contributed by atoms with E-state index in [1.807, 2.05) is 13.8 Å². The number of benzene rings is 1. The third kappa shape index (κ3) is 2.07. The highest BCUT2D eigenvalue weighted by Crippen LogP contribution is 2.24. The molecule has 0 aliphatic rings. The van der Waals surface area contributed by atoms with Crippen LogP contribution in [0.1, 0.15) is 19.6 Å². The number of halogens is 2. The van der Waals surface area contributed by atoms with Crippen molar-refractivity contribution >= 4 is 11.0 Å². The summed E-state index contributed by atoms with van der Waals surface area (Å²) in [5.74, 6) is -0.462. The zero-order valence-corrected chi connectivity index (χ0v) is 9.18. The van der Waals surface area contributed by atoms with Crippen LogP contribution in [0.5, 0.6) is 0 Å². The number of hydrogen-bond acceptors (Lipinski definition) is 2. The first-order valence-corrected chi connectivity index (χ1v) is 5.17. The van der Waals surface area contributed by atoms with Gasteiger partial charge < -0.3 is 9.73 Å². The molecule has 0 bridgehead atoms. The highest BCUT2D eigenvalue weighted by Gasteiger charge is 2.12. The molecular formula is C12H13F2NO. The monoisotopic (exact) mass is 225 g/mol. The molecule has 16 heavy (non-hydrogen) atoms. The lowest BCUT2D eigenvalue weighted by Crippen LogP contribution is -2.21. The Morgan fingerprint density at radius 2 is 1.94 bits per heavy atom. The van der Waals surface area contributed by atoms with Crippen molar-refractivity contribution < 1.29 is 13.2 Å². The van der Waals surface area contributed by atoms with Gasteiger partial charge in [0.15, 0.2) is 11.4 Å². The molecule has 0 amide bonds. The molecule has 2 rings (SSSR count). The van der Waals surface area contributed by atoms with Gasteiger partial charge in [-0.3, -0.25) is 0 Å². The fraction of sp³-hybridized carbons (Fsp3) is 0.333. The average molecular weight is 225 g/mol. The van der Waals surface area contributed by atoms with E-state index in [4.69, 9.17) is 4.42 Å². The molecule has 0 aliphatic heterocycles. The van der Waals surface area contributed by atoms with Gasteiger partial charge in [0.05, 0.1) is 11.9 Å². The zero-order chi connectivity index (χ0) is 11.7. The summed E-state index contributed by atoms with van der Waals surface area (Å²) in [7, 11) is 0. The van der Waals surface area contributed by atoms with Crippen LogP contribution in [0.4, 0.5) is 8.78 Å². The number of fused-ring (bicyclic) bond motifs is 1. The van der Waals surface area contributed by atoms with Gasteiger partial charge in [0.2, 0.25) is 0 Å². The summed E-state index contributed by atoms with van der Waals surface area (Å²) < 4.78 is 31.9. The Kier molecular flexibility index (Phi) is 2.92. The molecule has 0 saturated carbocycles. The second-order valence-electron chi connectivity index (χ2n) is 4.02. The predicted molar refractivity (Wildman–Crippen MR) is 58.1 cm³/mol. The fourth-order valence-electron chi connectivity index (χ4n) is 1.50. The summed E-state index contributed by atoms with van der Waals surface area (Å²) in [6.07, 6.45) is 0. The lowest BCUT2D eigenvalue weighted by Gasteiger charge is -2.04. The predicted octanol–water partition coefficient (Wildman–Crippen LogP) is 3.21. The summed E-state index contributed by atoms with van der Waals surface area (Å²) in [5, 5.41) is 3.32. The zero-order valence-electron chi connectivity index (χ0n) is 9.18. The molecule has 0 radical (unpaired) electrons. The van der Waals surface area contributed by atoms with Crippen LogP contribution in [0.2, 0.25) is 0 Å². The quantitative estimate of drug-likeness (QED) is 0.867. The Morgan fingerprint density at radius 3 is 2.56 bits per heavy atom. The van der Waals surface area contributed by atoms with Crippen molar-refractivity contribution in [3.63, 3.8) is 0 Å². The van der Waals surface area contributed by atoms with E-state index in [-0.39, 0.29) is 11.0 Å². The molecular weight excluding hydrogens is 212 g/mol. The minimum atomic E-state index is -0.535. The van der Waals surface area contributed by atoms with Crippen LogP contribution < -0.4 is 5.32 Å². The van der Waals surface area contributed by atoms with Gasteiger partial charge in [0.25, 0.3) is 0 Å². The van der Waals surface area contributed by atoms with E-state index in [0.717, 1.165) is 12.1 Å². The second-order valence-corrected chi connectivity index (χ2v) is 4.02. The Bertz CT molecular complexity index is 466. The Hall–Kier alpha value is -1.42. The molecule has 0 unspecified atom stereocenters. The average Bonchev–Trinajstić information content (AvgIpc) is 2.66. The molecule has 86 valence electrons. The number of nitrogens with one attached hydrogen (secondary N) is 1. The SMILES string of the molecule is CC(C)NCc1cc2c(F)ccc(F)c2o1. The van der Waals surface area contributed by atoms with E-state index in [0.29, 0.717) is 18.3 Å². The standard InChI is InChI=1S/C12H13F2NO/c1-7(2)15-6-8-5-9-10(13)3-4-11(14)12(9)16-8/h3-5,7,15H,6H2,1-2H3. The normalized spacial score (nSPS) is 11.6. The molecule has 1 N–H and O–H groups in total. The molecule has 0 atom stereocenters. The van der Waals surface area contributed by atoms with Gasteiger partial charge >= 0.3 is 0 Å². The summed E-state index contributed by atoms with van der Waals surface area (Å²) in [6.45, 7) is 4.44. The van der Waals surface area contributed by atoms with Crippen molar-refractivity contribution in [2.75, 3.05) is 0 Å². The highest BCUT2D eigenvalue weighted by atomic mass is 19.1. The van der Waals surface area contributed by atoms with Crippen LogP contribution in [0, 0.1) is 11.6 Å². The third-order valence-corrected chi connectivity index (χ3v) is 2.32. The molecule has 1 aromatic heterocycles. The Morgan fingerprint density at radius 1 is 1.25 bits per heavy atom. The van der Waals surface area contributed by atoms with Gasteiger partial charge in [-0.25, -0.2) is 8.78 Å². The molecule has 0 aliphatic carbocycles. The van der Waals surface area contributed by atoms with Gasteiger partial charge in [-0.1, -0.05) is 13.8 Å². The van der Waals surface area contributed by atoms with Crippen molar-refractivity contribution in [3.05, 3.63) is 35.6 Å². The van der Waals surface area contributed by atoms with Crippen LogP contribution in [0.3, 0.4) is 0 Å². The molecule has 0 saturated heterocycles. The van der Waals surface area contributed by atoms with E-state index in [2.05, 4.69) is 5.32 Å². The molecule has 2 aromatic rings. The van der Waals surface area contributed by atoms with Gasteiger partial charge in [0.1, 0.15) is 11.6 Å². The Labute approximate surface area is 92.2 Å². The minimum absolute atomic E-state index is 0.0134. The molecule has 2 nitrogen and oxygen atoms in total.